The van der Waals surface area contributed by atoms with Crippen molar-refractivity contribution in [2.45, 2.75) is 13.5 Å². The summed E-state index contributed by atoms with van der Waals surface area (Å²) in [5.41, 5.74) is 5.02. The second kappa shape index (κ2) is 7.16. The number of nitrogens with one attached hydrogen (secondary N) is 1. The van der Waals surface area contributed by atoms with Crippen LogP contribution < -0.4 is 10.2 Å². The number of nitrogens with zero attached hydrogens (tertiary/aromatic N) is 1. The summed E-state index contributed by atoms with van der Waals surface area (Å²) in [6, 6.07) is 15.1. The summed E-state index contributed by atoms with van der Waals surface area (Å²) in [5.74, 6) is 0. The summed E-state index contributed by atoms with van der Waals surface area (Å²) in [6.45, 7) is 6.48. The SMILES string of the molecule is Cc1ccc(N2CCOCC2)c(NCc2ccc(Br)cc2)c1. The molecule has 22 heavy (non-hydrogen) atoms. The lowest BCUT2D eigenvalue weighted by Gasteiger charge is -2.31. The van der Waals surface area contributed by atoms with E-state index in [1.807, 2.05) is 0 Å². The molecule has 0 aromatic heterocycles. The van der Waals surface area contributed by atoms with Gasteiger partial charge in [0.15, 0.2) is 0 Å². The highest BCUT2D eigenvalue weighted by atomic mass is 79.9. The van der Waals surface area contributed by atoms with Crippen molar-refractivity contribution in [1.82, 2.24) is 0 Å². The molecule has 0 unspecified atom stereocenters. The molecule has 1 N–H and O–H groups in total. The van der Waals surface area contributed by atoms with E-state index in [0.29, 0.717) is 0 Å². The third-order valence-corrected chi connectivity index (χ3v) is 4.43. The Bertz CT molecular complexity index is 621. The fraction of sp³-hybridized carbons (Fsp3) is 0.333. The monoisotopic (exact) mass is 360 g/mol. The standard InChI is InChI=1S/C18H21BrN2O/c1-14-2-7-18(21-8-10-22-11-9-21)17(12-14)20-13-15-3-5-16(19)6-4-15/h2-7,12,20H,8-11,13H2,1H3. The highest BCUT2D eigenvalue weighted by molar-refractivity contribution is 9.10. The van der Waals surface area contributed by atoms with E-state index < -0.39 is 0 Å². The van der Waals surface area contributed by atoms with Gasteiger partial charge in [-0.3, -0.25) is 0 Å². The zero-order chi connectivity index (χ0) is 15.4. The second-order valence-corrected chi connectivity index (χ2v) is 6.52. The van der Waals surface area contributed by atoms with E-state index in [2.05, 4.69) is 75.5 Å². The van der Waals surface area contributed by atoms with Gasteiger partial charge in [0.05, 0.1) is 24.6 Å². The minimum Gasteiger partial charge on any atom is -0.379 e. The van der Waals surface area contributed by atoms with E-state index in [4.69, 9.17) is 4.74 Å². The molecule has 0 spiro atoms. The van der Waals surface area contributed by atoms with Crippen molar-refractivity contribution >= 4 is 27.3 Å². The fourth-order valence-electron chi connectivity index (χ4n) is 2.67. The molecule has 1 heterocycles. The molecule has 0 saturated carbocycles. The number of rotatable bonds is 4. The van der Waals surface area contributed by atoms with Gasteiger partial charge in [0.25, 0.3) is 0 Å². The predicted octanol–water partition coefficient (Wildman–Crippen LogP) is 4.21. The van der Waals surface area contributed by atoms with Crippen LogP contribution in [0.4, 0.5) is 11.4 Å². The summed E-state index contributed by atoms with van der Waals surface area (Å²) in [5, 5.41) is 3.59. The quantitative estimate of drug-likeness (QED) is 0.883. The van der Waals surface area contributed by atoms with Gasteiger partial charge in [-0.2, -0.15) is 0 Å². The van der Waals surface area contributed by atoms with Gasteiger partial charge in [-0.1, -0.05) is 34.1 Å². The van der Waals surface area contributed by atoms with Crippen LogP contribution in [-0.4, -0.2) is 26.3 Å². The normalized spacial score (nSPS) is 14.9. The van der Waals surface area contributed by atoms with Crippen LogP contribution in [0.3, 0.4) is 0 Å². The first kappa shape index (κ1) is 15.4. The largest absolute Gasteiger partial charge is 0.379 e. The maximum Gasteiger partial charge on any atom is 0.0642 e. The number of hydrogen-bond donors (Lipinski definition) is 1. The van der Waals surface area contributed by atoms with E-state index in [1.165, 1.54) is 22.5 Å². The van der Waals surface area contributed by atoms with Crippen LogP contribution in [0.5, 0.6) is 0 Å². The minimum atomic E-state index is 0.806. The van der Waals surface area contributed by atoms with E-state index >= 15 is 0 Å². The molecule has 3 rings (SSSR count). The summed E-state index contributed by atoms with van der Waals surface area (Å²) >= 11 is 3.48. The van der Waals surface area contributed by atoms with Crippen molar-refractivity contribution in [3.05, 3.63) is 58.1 Å². The smallest absolute Gasteiger partial charge is 0.0642 e. The average Bonchev–Trinajstić information content (AvgIpc) is 2.55. The van der Waals surface area contributed by atoms with Gasteiger partial charge in [0.1, 0.15) is 0 Å². The molecule has 3 nitrogen and oxygen atoms in total. The van der Waals surface area contributed by atoms with Crippen molar-refractivity contribution in [2.75, 3.05) is 36.5 Å². The van der Waals surface area contributed by atoms with Crippen molar-refractivity contribution < 1.29 is 4.74 Å². The molecule has 0 radical (unpaired) electrons. The zero-order valence-corrected chi connectivity index (χ0v) is 14.4. The predicted molar refractivity (Wildman–Crippen MR) is 95.7 cm³/mol. The first-order valence-corrected chi connectivity index (χ1v) is 8.43. The van der Waals surface area contributed by atoms with Crippen molar-refractivity contribution in [3.8, 4) is 0 Å². The first-order valence-electron chi connectivity index (χ1n) is 7.64. The van der Waals surface area contributed by atoms with Gasteiger partial charge < -0.3 is 15.0 Å². The summed E-state index contributed by atoms with van der Waals surface area (Å²) in [7, 11) is 0. The highest BCUT2D eigenvalue weighted by Crippen LogP contribution is 2.28. The van der Waals surface area contributed by atoms with Crippen LogP contribution in [0.1, 0.15) is 11.1 Å². The Kier molecular flexibility index (Phi) is 5.01. The molecular weight excluding hydrogens is 340 g/mol. The maximum absolute atomic E-state index is 5.46. The van der Waals surface area contributed by atoms with Crippen molar-refractivity contribution in [2.24, 2.45) is 0 Å². The van der Waals surface area contributed by atoms with Crippen LogP contribution >= 0.6 is 15.9 Å². The molecule has 1 aliphatic rings. The molecule has 1 saturated heterocycles. The first-order chi connectivity index (χ1) is 10.7. The molecule has 2 aromatic carbocycles. The molecule has 1 aliphatic heterocycles. The van der Waals surface area contributed by atoms with Gasteiger partial charge in [-0.05, 0) is 42.3 Å². The molecule has 0 atom stereocenters. The zero-order valence-electron chi connectivity index (χ0n) is 12.8. The minimum absolute atomic E-state index is 0.806. The van der Waals surface area contributed by atoms with Gasteiger partial charge in [-0.15, -0.1) is 0 Å². The van der Waals surface area contributed by atoms with Crippen LogP contribution in [-0.2, 0) is 11.3 Å². The molecule has 0 amide bonds. The van der Waals surface area contributed by atoms with E-state index in [1.54, 1.807) is 0 Å². The van der Waals surface area contributed by atoms with Gasteiger partial charge in [0.2, 0.25) is 0 Å². The van der Waals surface area contributed by atoms with Gasteiger partial charge in [0, 0.05) is 24.1 Å². The second-order valence-electron chi connectivity index (χ2n) is 5.60. The van der Waals surface area contributed by atoms with Crippen molar-refractivity contribution in [3.63, 3.8) is 0 Å². The van der Waals surface area contributed by atoms with Gasteiger partial charge in [-0.25, -0.2) is 0 Å². The lowest BCUT2D eigenvalue weighted by molar-refractivity contribution is 0.123. The Balaban J connectivity index is 1.76. The Labute approximate surface area is 140 Å². The Hall–Kier alpha value is -1.52. The van der Waals surface area contributed by atoms with E-state index in [9.17, 15) is 0 Å². The van der Waals surface area contributed by atoms with E-state index in [-0.39, 0.29) is 0 Å². The molecule has 1 fully saturated rings. The average molecular weight is 361 g/mol. The lowest BCUT2D eigenvalue weighted by Crippen LogP contribution is -2.36. The highest BCUT2D eigenvalue weighted by Gasteiger charge is 2.14. The molecular formula is C18H21BrN2O. The van der Waals surface area contributed by atoms with E-state index in [0.717, 1.165) is 37.3 Å². The van der Waals surface area contributed by atoms with Crippen LogP contribution in [0.25, 0.3) is 0 Å². The summed E-state index contributed by atoms with van der Waals surface area (Å²) in [4.78, 5) is 2.40. The number of benzene rings is 2. The molecule has 116 valence electrons. The number of anilines is 2. The molecule has 0 aliphatic carbocycles. The number of halogens is 1. The molecule has 4 heteroatoms. The Morgan fingerprint density at radius 3 is 2.55 bits per heavy atom. The number of morpholine rings is 1. The van der Waals surface area contributed by atoms with Crippen LogP contribution in [0.15, 0.2) is 46.9 Å². The van der Waals surface area contributed by atoms with Crippen LogP contribution in [0, 0.1) is 6.92 Å². The molecule has 0 bridgehead atoms. The third kappa shape index (κ3) is 3.81. The lowest BCUT2D eigenvalue weighted by atomic mass is 10.1. The summed E-state index contributed by atoms with van der Waals surface area (Å²) < 4.78 is 6.57. The van der Waals surface area contributed by atoms with Crippen LogP contribution in [0.2, 0.25) is 0 Å². The number of aryl methyl sites for hydroxylation is 1. The van der Waals surface area contributed by atoms with Gasteiger partial charge >= 0.3 is 0 Å². The fourth-order valence-corrected chi connectivity index (χ4v) is 2.94. The Morgan fingerprint density at radius 1 is 1.09 bits per heavy atom. The van der Waals surface area contributed by atoms with Crippen molar-refractivity contribution in [1.29, 1.82) is 0 Å². The number of hydrogen-bond acceptors (Lipinski definition) is 3. The number of ether oxygens (including phenoxy) is 1. The maximum atomic E-state index is 5.46. The molecule has 2 aromatic rings. The third-order valence-electron chi connectivity index (χ3n) is 3.90. The topological polar surface area (TPSA) is 24.5 Å². The summed E-state index contributed by atoms with van der Waals surface area (Å²) in [6.07, 6.45) is 0. The Morgan fingerprint density at radius 2 is 1.82 bits per heavy atom.